The molecule has 1 aliphatic carbocycles. The number of rotatable bonds is 1. The van der Waals surface area contributed by atoms with Crippen molar-refractivity contribution in [1.82, 2.24) is 4.37 Å². The smallest absolute Gasteiger partial charge is 0.156 e. The van der Waals surface area contributed by atoms with Crippen molar-refractivity contribution in [2.75, 3.05) is 0 Å². The molecule has 0 saturated heterocycles. The van der Waals surface area contributed by atoms with Gasteiger partial charge in [0.1, 0.15) is 0 Å². The van der Waals surface area contributed by atoms with Gasteiger partial charge < -0.3 is 0 Å². The molecule has 0 spiro atoms. The first-order chi connectivity index (χ1) is 5.86. The minimum absolute atomic E-state index is 0.254. The van der Waals surface area contributed by atoms with E-state index in [4.69, 9.17) is 0 Å². The Morgan fingerprint density at radius 3 is 3.00 bits per heavy atom. The number of carbonyl (C=O) groups excluding carboxylic acids is 1. The number of hydrogen-bond donors (Lipinski definition) is 0. The predicted molar refractivity (Wildman–Crippen MR) is 48.9 cm³/mol. The first kappa shape index (κ1) is 7.68. The highest BCUT2D eigenvalue weighted by molar-refractivity contribution is 7.07. The number of aromatic nitrogens is 1. The number of allylic oxidation sites excluding steroid dienone is 2. The van der Waals surface area contributed by atoms with Crippen LogP contribution < -0.4 is 0 Å². The standard InChI is InChI=1S/C9H9NOS/c11-8-3-1-2-7(6-8)9-4-5-10-12-9/h4-6H,1-3H2. The summed E-state index contributed by atoms with van der Waals surface area (Å²) in [6, 6.07) is 1.97. The van der Waals surface area contributed by atoms with Crippen LogP contribution in [-0.4, -0.2) is 10.2 Å². The van der Waals surface area contributed by atoms with Crippen LogP contribution in [-0.2, 0) is 4.79 Å². The first-order valence-electron chi connectivity index (χ1n) is 4.01. The van der Waals surface area contributed by atoms with E-state index in [-0.39, 0.29) is 5.78 Å². The lowest BCUT2D eigenvalue weighted by Gasteiger charge is -2.08. The van der Waals surface area contributed by atoms with Crippen molar-refractivity contribution in [3.63, 3.8) is 0 Å². The number of ketones is 1. The van der Waals surface area contributed by atoms with Gasteiger partial charge >= 0.3 is 0 Å². The Kier molecular flexibility index (Phi) is 2.04. The van der Waals surface area contributed by atoms with Gasteiger partial charge in [0.15, 0.2) is 5.78 Å². The Morgan fingerprint density at radius 2 is 2.33 bits per heavy atom. The third kappa shape index (κ3) is 1.46. The molecule has 1 aromatic rings. The summed E-state index contributed by atoms with van der Waals surface area (Å²) in [4.78, 5) is 12.2. The van der Waals surface area contributed by atoms with E-state index < -0.39 is 0 Å². The maximum absolute atomic E-state index is 11.1. The van der Waals surface area contributed by atoms with E-state index in [0.717, 1.165) is 23.3 Å². The Balaban J connectivity index is 2.29. The Labute approximate surface area is 75.1 Å². The molecule has 1 aliphatic rings. The summed E-state index contributed by atoms with van der Waals surface area (Å²) in [5.74, 6) is 0.254. The van der Waals surface area contributed by atoms with Gasteiger partial charge in [0.25, 0.3) is 0 Å². The van der Waals surface area contributed by atoms with E-state index >= 15 is 0 Å². The Morgan fingerprint density at radius 1 is 1.42 bits per heavy atom. The second-order valence-electron chi connectivity index (χ2n) is 2.87. The van der Waals surface area contributed by atoms with Crippen molar-refractivity contribution >= 4 is 22.9 Å². The molecule has 3 heteroatoms. The van der Waals surface area contributed by atoms with Crippen molar-refractivity contribution < 1.29 is 4.79 Å². The molecule has 1 aromatic heterocycles. The molecule has 0 amide bonds. The molecule has 0 aliphatic heterocycles. The average Bonchev–Trinajstić information content (AvgIpc) is 2.56. The van der Waals surface area contributed by atoms with E-state index in [2.05, 4.69) is 4.37 Å². The summed E-state index contributed by atoms with van der Waals surface area (Å²) in [5.41, 5.74) is 1.16. The summed E-state index contributed by atoms with van der Waals surface area (Å²) in [7, 11) is 0. The second kappa shape index (κ2) is 3.19. The molecule has 62 valence electrons. The monoisotopic (exact) mass is 179 g/mol. The van der Waals surface area contributed by atoms with Crippen molar-refractivity contribution in [1.29, 1.82) is 0 Å². The molecule has 2 rings (SSSR count). The van der Waals surface area contributed by atoms with Crippen LogP contribution in [0.15, 0.2) is 18.3 Å². The highest BCUT2D eigenvalue weighted by Crippen LogP contribution is 2.26. The maximum Gasteiger partial charge on any atom is 0.156 e. The fraction of sp³-hybridized carbons (Fsp3) is 0.333. The van der Waals surface area contributed by atoms with E-state index in [1.807, 2.05) is 6.07 Å². The van der Waals surface area contributed by atoms with Crippen LogP contribution >= 0.6 is 11.5 Å². The molecule has 0 saturated carbocycles. The molecule has 0 bridgehead atoms. The Bertz CT molecular complexity index is 313. The molecule has 0 aromatic carbocycles. The largest absolute Gasteiger partial charge is 0.295 e. The van der Waals surface area contributed by atoms with Crippen molar-refractivity contribution in [3.05, 3.63) is 23.2 Å². The lowest BCUT2D eigenvalue weighted by molar-refractivity contribution is -0.114. The van der Waals surface area contributed by atoms with Gasteiger partial charge in [-0.2, -0.15) is 0 Å². The highest BCUT2D eigenvalue weighted by Gasteiger charge is 2.11. The van der Waals surface area contributed by atoms with Crippen molar-refractivity contribution in [2.45, 2.75) is 19.3 Å². The van der Waals surface area contributed by atoms with Gasteiger partial charge in [-0.05, 0) is 42.1 Å². The molecule has 0 atom stereocenters. The minimum atomic E-state index is 0.254. The maximum atomic E-state index is 11.1. The Hall–Kier alpha value is -0.960. The fourth-order valence-electron chi connectivity index (χ4n) is 1.37. The van der Waals surface area contributed by atoms with E-state index in [9.17, 15) is 4.79 Å². The lowest BCUT2D eigenvalue weighted by atomic mass is 9.98. The first-order valence-corrected chi connectivity index (χ1v) is 4.78. The zero-order valence-electron chi connectivity index (χ0n) is 6.62. The van der Waals surface area contributed by atoms with Crippen molar-refractivity contribution in [2.24, 2.45) is 0 Å². The van der Waals surface area contributed by atoms with Crippen LogP contribution in [0.1, 0.15) is 24.1 Å². The SMILES string of the molecule is O=C1C=C(c2ccns2)CCC1. The molecule has 2 nitrogen and oxygen atoms in total. The molecular weight excluding hydrogens is 170 g/mol. The minimum Gasteiger partial charge on any atom is -0.295 e. The van der Waals surface area contributed by atoms with Gasteiger partial charge in [-0.25, -0.2) is 4.37 Å². The summed E-state index contributed by atoms with van der Waals surface area (Å²) in [5, 5.41) is 0. The van der Waals surface area contributed by atoms with Crippen LogP contribution in [0.4, 0.5) is 0 Å². The van der Waals surface area contributed by atoms with Crippen LogP contribution in [0.2, 0.25) is 0 Å². The van der Waals surface area contributed by atoms with Gasteiger partial charge in [0, 0.05) is 12.6 Å². The van der Waals surface area contributed by atoms with Crippen LogP contribution in [0.25, 0.3) is 5.57 Å². The van der Waals surface area contributed by atoms with Crippen LogP contribution in [0.3, 0.4) is 0 Å². The van der Waals surface area contributed by atoms with Gasteiger partial charge in [0.05, 0.1) is 4.88 Å². The topological polar surface area (TPSA) is 30.0 Å². The van der Waals surface area contributed by atoms with Crippen molar-refractivity contribution in [3.8, 4) is 0 Å². The average molecular weight is 179 g/mol. The van der Waals surface area contributed by atoms with Gasteiger partial charge in [-0.15, -0.1) is 0 Å². The fourth-order valence-corrected chi connectivity index (χ4v) is 2.00. The number of hydrogen-bond acceptors (Lipinski definition) is 3. The molecule has 0 radical (unpaired) electrons. The van der Waals surface area contributed by atoms with Gasteiger partial charge in [0.2, 0.25) is 0 Å². The lowest BCUT2D eigenvalue weighted by Crippen LogP contribution is -2.00. The van der Waals surface area contributed by atoms with Crippen LogP contribution in [0.5, 0.6) is 0 Å². The molecule has 12 heavy (non-hydrogen) atoms. The molecule has 0 N–H and O–H groups in total. The normalized spacial score (nSPS) is 17.7. The number of carbonyl (C=O) groups is 1. The third-order valence-corrected chi connectivity index (χ3v) is 2.78. The molecule has 0 unspecified atom stereocenters. The molecular formula is C9H9NOS. The van der Waals surface area contributed by atoms with E-state index in [0.29, 0.717) is 6.42 Å². The second-order valence-corrected chi connectivity index (χ2v) is 3.70. The zero-order chi connectivity index (χ0) is 8.39. The van der Waals surface area contributed by atoms with Gasteiger partial charge in [-0.3, -0.25) is 4.79 Å². The van der Waals surface area contributed by atoms with E-state index in [1.165, 1.54) is 11.5 Å². The van der Waals surface area contributed by atoms with Crippen LogP contribution in [0, 0.1) is 0 Å². The molecule has 1 heterocycles. The third-order valence-electron chi connectivity index (χ3n) is 1.96. The quantitative estimate of drug-likeness (QED) is 0.662. The summed E-state index contributed by atoms with van der Waals surface area (Å²) in [6.07, 6.45) is 6.26. The molecule has 0 fully saturated rings. The van der Waals surface area contributed by atoms with E-state index in [1.54, 1.807) is 12.3 Å². The summed E-state index contributed by atoms with van der Waals surface area (Å²) >= 11 is 1.46. The zero-order valence-corrected chi connectivity index (χ0v) is 7.43. The predicted octanol–water partition coefficient (Wildman–Crippen LogP) is 2.28. The highest BCUT2D eigenvalue weighted by atomic mass is 32.1. The number of nitrogens with zero attached hydrogens (tertiary/aromatic N) is 1. The summed E-state index contributed by atoms with van der Waals surface area (Å²) < 4.78 is 4.01. The van der Waals surface area contributed by atoms with Gasteiger partial charge in [-0.1, -0.05) is 0 Å². The summed E-state index contributed by atoms with van der Waals surface area (Å²) in [6.45, 7) is 0.